The molecule has 0 spiro atoms. The van der Waals surface area contributed by atoms with Crippen LogP contribution in [0.25, 0.3) is 0 Å². The van der Waals surface area contributed by atoms with Crippen LogP contribution in [0.15, 0.2) is 24.3 Å². The lowest BCUT2D eigenvalue weighted by atomic mass is 10.0. The van der Waals surface area contributed by atoms with Crippen LogP contribution < -0.4 is 0 Å². The molecule has 110 valence electrons. The number of likely N-dealkylation sites (N-methyl/N-ethyl adjacent to an activating group) is 2. The summed E-state index contributed by atoms with van der Waals surface area (Å²) in [4.78, 5) is 27.6. The Kier molecular flexibility index (Phi) is 6.17. The summed E-state index contributed by atoms with van der Waals surface area (Å²) in [5, 5.41) is 0.601. The molecule has 0 heterocycles. The van der Waals surface area contributed by atoms with E-state index in [1.54, 1.807) is 38.4 Å². The molecular weight excluding hydrogens is 276 g/mol. The number of amides is 1. The van der Waals surface area contributed by atoms with E-state index in [9.17, 15) is 9.59 Å². The van der Waals surface area contributed by atoms with Gasteiger partial charge in [-0.2, -0.15) is 0 Å². The molecule has 0 aliphatic heterocycles. The van der Waals surface area contributed by atoms with Crippen molar-refractivity contribution in [3.8, 4) is 0 Å². The minimum absolute atomic E-state index is 0.00456. The number of ketones is 1. The molecule has 0 saturated heterocycles. The summed E-state index contributed by atoms with van der Waals surface area (Å²) in [6, 6.07) is 6.47. The van der Waals surface area contributed by atoms with Crippen molar-refractivity contribution in [1.82, 2.24) is 9.80 Å². The Hall–Kier alpha value is -1.39. The summed E-state index contributed by atoms with van der Waals surface area (Å²) in [5.41, 5.74) is 0.609. The first kappa shape index (κ1) is 16.7. The van der Waals surface area contributed by atoms with Gasteiger partial charge in [-0.15, -0.1) is 0 Å². The van der Waals surface area contributed by atoms with Crippen LogP contribution in [0.4, 0.5) is 0 Å². The van der Waals surface area contributed by atoms with Gasteiger partial charge in [-0.25, -0.2) is 0 Å². The lowest BCUT2D eigenvalue weighted by Gasteiger charge is -2.27. The molecule has 0 fully saturated rings. The van der Waals surface area contributed by atoms with E-state index in [4.69, 9.17) is 11.6 Å². The highest BCUT2D eigenvalue weighted by molar-refractivity contribution is 6.30. The summed E-state index contributed by atoms with van der Waals surface area (Å²) >= 11 is 5.82. The number of benzene rings is 1. The molecule has 0 aromatic heterocycles. The zero-order valence-electron chi connectivity index (χ0n) is 12.4. The first-order valence-electron chi connectivity index (χ1n) is 6.60. The van der Waals surface area contributed by atoms with Gasteiger partial charge in [0.1, 0.15) is 0 Å². The van der Waals surface area contributed by atoms with E-state index < -0.39 is 0 Å². The highest BCUT2D eigenvalue weighted by Crippen LogP contribution is 2.13. The van der Waals surface area contributed by atoms with Crippen molar-refractivity contribution in [2.75, 3.05) is 27.2 Å². The average molecular weight is 297 g/mol. The van der Waals surface area contributed by atoms with Crippen molar-refractivity contribution in [3.63, 3.8) is 0 Å². The molecule has 1 rings (SSSR count). The fraction of sp³-hybridized carbons (Fsp3) is 0.467. The molecule has 0 saturated carbocycles. The minimum atomic E-state index is -0.343. The summed E-state index contributed by atoms with van der Waals surface area (Å²) in [5.74, 6) is -0.0160. The van der Waals surface area contributed by atoms with E-state index in [1.807, 2.05) is 18.7 Å². The van der Waals surface area contributed by atoms with Crippen LogP contribution in [-0.2, 0) is 4.79 Å². The molecule has 0 N–H and O–H groups in total. The molecule has 4 nitrogen and oxygen atoms in total. The van der Waals surface area contributed by atoms with Crippen LogP contribution in [0, 0.1) is 0 Å². The van der Waals surface area contributed by atoms with E-state index in [1.165, 1.54) is 4.90 Å². The van der Waals surface area contributed by atoms with Gasteiger partial charge in [0.15, 0.2) is 5.78 Å². The predicted octanol–water partition coefficient (Wildman–Crippen LogP) is 2.32. The lowest BCUT2D eigenvalue weighted by molar-refractivity contribution is -0.130. The fourth-order valence-corrected chi connectivity index (χ4v) is 1.98. The quantitative estimate of drug-likeness (QED) is 0.757. The third-order valence-corrected chi connectivity index (χ3v) is 3.55. The van der Waals surface area contributed by atoms with Crippen molar-refractivity contribution in [2.24, 2.45) is 0 Å². The van der Waals surface area contributed by atoms with Crippen molar-refractivity contribution >= 4 is 23.3 Å². The molecule has 1 aromatic carbocycles. The summed E-state index contributed by atoms with van der Waals surface area (Å²) in [6.45, 7) is 4.64. The van der Waals surface area contributed by atoms with E-state index in [2.05, 4.69) is 0 Å². The van der Waals surface area contributed by atoms with Gasteiger partial charge in [0.2, 0.25) is 5.91 Å². The van der Waals surface area contributed by atoms with Crippen LogP contribution in [0.3, 0.4) is 0 Å². The zero-order chi connectivity index (χ0) is 15.3. The summed E-state index contributed by atoms with van der Waals surface area (Å²) < 4.78 is 0. The van der Waals surface area contributed by atoms with Crippen LogP contribution in [0.5, 0.6) is 0 Å². The Morgan fingerprint density at radius 1 is 1.20 bits per heavy atom. The van der Waals surface area contributed by atoms with Gasteiger partial charge in [-0.05, 0) is 37.7 Å². The zero-order valence-corrected chi connectivity index (χ0v) is 13.1. The van der Waals surface area contributed by atoms with Crippen molar-refractivity contribution in [1.29, 1.82) is 0 Å². The molecule has 0 bridgehead atoms. The Morgan fingerprint density at radius 3 is 2.20 bits per heavy atom. The number of halogens is 1. The van der Waals surface area contributed by atoms with Gasteiger partial charge < -0.3 is 4.90 Å². The molecule has 5 heteroatoms. The Bertz CT molecular complexity index is 471. The number of Topliss-reactive ketones (excluding diaryl/α,β-unsaturated/α-hetero) is 1. The minimum Gasteiger partial charge on any atom is -0.348 e. The molecule has 0 aliphatic carbocycles. The maximum absolute atomic E-state index is 12.4. The second-order valence-electron chi connectivity index (χ2n) is 4.90. The smallest absolute Gasteiger partial charge is 0.236 e. The molecule has 0 aliphatic rings. The number of rotatable bonds is 6. The topological polar surface area (TPSA) is 40.6 Å². The van der Waals surface area contributed by atoms with Gasteiger partial charge >= 0.3 is 0 Å². The highest BCUT2D eigenvalue weighted by atomic mass is 35.5. The second kappa shape index (κ2) is 7.41. The first-order chi connectivity index (χ1) is 9.36. The van der Waals surface area contributed by atoms with Gasteiger partial charge in [0.25, 0.3) is 0 Å². The number of hydrogen-bond donors (Lipinski definition) is 0. The number of nitrogens with zero attached hydrogens (tertiary/aromatic N) is 2. The number of carbonyl (C=O) groups is 2. The summed E-state index contributed by atoms with van der Waals surface area (Å²) in [7, 11) is 3.42. The SMILES string of the molecule is CCN(CC(=O)N(C)C)C(C)C(=O)c1ccc(Cl)cc1. The maximum atomic E-state index is 12.4. The van der Waals surface area contributed by atoms with Gasteiger partial charge in [-0.1, -0.05) is 18.5 Å². The van der Waals surface area contributed by atoms with Crippen LogP contribution in [0.1, 0.15) is 24.2 Å². The number of hydrogen-bond acceptors (Lipinski definition) is 3. The molecule has 1 atom stereocenters. The molecular formula is C15H21ClN2O2. The molecule has 0 radical (unpaired) electrons. The van der Waals surface area contributed by atoms with E-state index >= 15 is 0 Å². The predicted molar refractivity (Wildman–Crippen MR) is 81.2 cm³/mol. The third-order valence-electron chi connectivity index (χ3n) is 3.30. The normalized spacial score (nSPS) is 12.3. The lowest BCUT2D eigenvalue weighted by Crippen LogP contribution is -2.44. The van der Waals surface area contributed by atoms with Gasteiger partial charge in [-0.3, -0.25) is 14.5 Å². The third kappa shape index (κ3) is 4.32. The van der Waals surface area contributed by atoms with Gasteiger partial charge in [0.05, 0.1) is 12.6 Å². The Labute approximate surface area is 125 Å². The van der Waals surface area contributed by atoms with Crippen LogP contribution in [-0.4, -0.2) is 54.7 Å². The standard InChI is InChI=1S/C15H21ClN2O2/c1-5-18(10-14(19)17(3)4)11(2)15(20)12-6-8-13(16)9-7-12/h6-9,11H,5,10H2,1-4H3. The number of carbonyl (C=O) groups excluding carboxylic acids is 2. The van der Waals surface area contributed by atoms with E-state index in [0.717, 1.165) is 0 Å². The Morgan fingerprint density at radius 2 is 1.75 bits per heavy atom. The average Bonchev–Trinajstić information content (AvgIpc) is 2.43. The monoisotopic (exact) mass is 296 g/mol. The van der Waals surface area contributed by atoms with Crippen molar-refractivity contribution in [2.45, 2.75) is 19.9 Å². The van der Waals surface area contributed by atoms with E-state index in [-0.39, 0.29) is 24.3 Å². The summed E-state index contributed by atoms with van der Waals surface area (Å²) in [6.07, 6.45) is 0. The van der Waals surface area contributed by atoms with Gasteiger partial charge in [0, 0.05) is 24.7 Å². The second-order valence-corrected chi connectivity index (χ2v) is 5.33. The first-order valence-corrected chi connectivity index (χ1v) is 6.98. The van der Waals surface area contributed by atoms with Crippen molar-refractivity contribution < 1.29 is 9.59 Å². The largest absolute Gasteiger partial charge is 0.348 e. The maximum Gasteiger partial charge on any atom is 0.236 e. The highest BCUT2D eigenvalue weighted by Gasteiger charge is 2.23. The Balaban J connectivity index is 2.80. The molecule has 1 unspecified atom stereocenters. The molecule has 1 amide bonds. The molecule has 20 heavy (non-hydrogen) atoms. The van der Waals surface area contributed by atoms with Crippen LogP contribution in [0.2, 0.25) is 5.02 Å². The fourth-order valence-electron chi connectivity index (χ4n) is 1.86. The van der Waals surface area contributed by atoms with Crippen LogP contribution >= 0.6 is 11.6 Å². The molecule has 1 aromatic rings. The van der Waals surface area contributed by atoms with E-state index in [0.29, 0.717) is 17.1 Å². The van der Waals surface area contributed by atoms with Crippen molar-refractivity contribution in [3.05, 3.63) is 34.9 Å².